The number of hydrogen-bond acceptors (Lipinski definition) is 3. The molecule has 0 aliphatic rings. The molecule has 234 valence electrons. The lowest BCUT2D eigenvalue weighted by Crippen LogP contribution is -2.35. The Hall–Kier alpha value is -5.35. The average Bonchev–Trinajstić information content (AvgIpc) is 3.05. The summed E-state index contributed by atoms with van der Waals surface area (Å²) in [6.45, 7) is 0. The molecule has 1 aromatic heterocycles. The van der Waals surface area contributed by atoms with Crippen molar-refractivity contribution in [2.45, 2.75) is 0 Å². The van der Waals surface area contributed by atoms with E-state index in [4.69, 9.17) is 0 Å². The van der Waals surface area contributed by atoms with Crippen LogP contribution in [0.15, 0.2) is 121 Å². The third-order valence-electron chi connectivity index (χ3n) is 7.65. The lowest BCUT2D eigenvalue weighted by Gasteiger charge is -2.11. The van der Waals surface area contributed by atoms with E-state index in [0.717, 1.165) is 17.0 Å². The van der Waals surface area contributed by atoms with Crippen molar-refractivity contribution < 1.29 is 4.57 Å². The van der Waals surface area contributed by atoms with E-state index >= 15 is 0 Å². The SMILES string of the molecule is CN(C)c1ccc(/C=C/C=C/c2cc(/C=C/C=C/c3ccc(N(C)C)cc3)[n+](C)c(/C=C/C=C/c3ccc(N(C)C)cc3)c2)cc1. The minimum Gasteiger partial charge on any atom is -0.378 e. The number of hydrogen-bond donors (Lipinski definition) is 0. The van der Waals surface area contributed by atoms with Crippen molar-refractivity contribution in [1.29, 1.82) is 0 Å². The summed E-state index contributed by atoms with van der Waals surface area (Å²) < 4.78 is 2.21. The van der Waals surface area contributed by atoms with Gasteiger partial charge in [0.25, 0.3) is 0 Å². The summed E-state index contributed by atoms with van der Waals surface area (Å²) in [6, 6.07) is 30.1. The van der Waals surface area contributed by atoms with E-state index in [1.54, 1.807) is 0 Å². The fourth-order valence-electron chi connectivity index (χ4n) is 4.77. The first-order chi connectivity index (χ1) is 22.2. The number of allylic oxidation sites excluding steroid dienone is 6. The second kappa shape index (κ2) is 16.6. The van der Waals surface area contributed by atoms with Gasteiger partial charge in [0.15, 0.2) is 0 Å². The number of pyridine rings is 1. The fourth-order valence-corrected chi connectivity index (χ4v) is 4.77. The Morgan fingerprint density at radius 1 is 0.370 bits per heavy atom. The summed E-state index contributed by atoms with van der Waals surface area (Å²) in [5.41, 5.74) is 10.5. The maximum absolute atomic E-state index is 2.21. The second-order valence-electron chi connectivity index (χ2n) is 11.8. The van der Waals surface area contributed by atoms with E-state index < -0.39 is 0 Å². The van der Waals surface area contributed by atoms with E-state index in [9.17, 15) is 0 Å². The molecule has 4 heteroatoms. The summed E-state index contributed by atoms with van der Waals surface area (Å²) in [6.07, 6.45) is 25.5. The maximum Gasteiger partial charge on any atom is 0.206 e. The van der Waals surface area contributed by atoms with Crippen molar-refractivity contribution in [3.8, 4) is 0 Å². The number of benzene rings is 3. The van der Waals surface area contributed by atoms with Crippen LogP contribution in [-0.2, 0) is 7.05 Å². The molecule has 0 amide bonds. The van der Waals surface area contributed by atoms with E-state index in [1.165, 1.54) is 33.8 Å². The molecule has 4 nitrogen and oxygen atoms in total. The molecular weight excluding hydrogens is 560 g/mol. The molecule has 0 aliphatic heterocycles. The molecule has 4 rings (SSSR count). The zero-order valence-electron chi connectivity index (χ0n) is 28.3. The van der Waals surface area contributed by atoms with Crippen LogP contribution in [0.3, 0.4) is 0 Å². The maximum atomic E-state index is 2.21. The second-order valence-corrected chi connectivity index (χ2v) is 11.8. The molecule has 1 heterocycles. The zero-order chi connectivity index (χ0) is 32.9. The Morgan fingerprint density at radius 2 is 0.630 bits per heavy atom. The van der Waals surface area contributed by atoms with Gasteiger partial charge in [0, 0.05) is 83.6 Å². The van der Waals surface area contributed by atoms with Crippen molar-refractivity contribution in [3.05, 3.63) is 155 Å². The Labute approximate surface area is 276 Å². The van der Waals surface area contributed by atoms with Crippen LogP contribution < -0.4 is 19.3 Å². The molecule has 0 saturated heterocycles. The fraction of sp³-hybridized carbons (Fsp3) is 0.167. The van der Waals surface area contributed by atoms with E-state index in [1.807, 2.05) is 0 Å². The molecule has 0 fully saturated rings. The highest BCUT2D eigenvalue weighted by Gasteiger charge is 2.10. The van der Waals surface area contributed by atoms with Crippen LogP contribution in [-0.4, -0.2) is 42.3 Å². The van der Waals surface area contributed by atoms with E-state index in [0.29, 0.717) is 0 Å². The van der Waals surface area contributed by atoms with Gasteiger partial charge in [0.2, 0.25) is 11.4 Å². The Morgan fingerprint density at radius 3 is 0.913 bits per heavy atom. The van der Waals surface area contributed by atoms with Crippen LogP contribution in [0.4, 0.5) is 17.1 Å². The Bertz CT molecular complexity index is 1640. The van der Waals surface area contributed by atoms with Gasteiger partial charge < -0.3 is 14.7 Å². The Kier molecular flexibility index (Phi) is 12.1. The highest BCUT2D eigenvalue weighted by Crippen LogP contribution is 2.16. The van der Waals surface area contributed by atoms with Gasteiger partial charge in [-0.05, 0) is 58.7 Å². The molecule has 0 radical (unpaired) electrons. The average molecular weight is 608 g/mol. The first-order valence-electron chi connectivity index (χ1n) is 15.6. The van der Waals surface area contributed by atoms with E-state index in [2.05, 4.69) is 226 Å². The molecule has 0 aliphatic carbocycles. The summed E-state index contributed by atoms with van der Waals surface area (Å²) >= 11 is 0. The van der Waals surface area contributed by atoms with E-state index in [-0.39, 0.29) is 0 Å². The van der Waals surface area contributed by atoms with Crippen molar-refractivity contribution in [2.75, 3.05) is 57.0 Å². The summed E-state index contributed by atoms with van der Waals surface area (Å²) in [5, 5.41) is 0. The van der Waals surface area contributed by atoms with Crippen LogP contribution in [0.25, 0.3) is 36.5 Å². The van der Waals surface area contributed by atoms with Gasteiger partial charge in [-0.1, -0.05) is 97.2 Å². The van der Waals surface area contributed by atoms with Crippen molar-refractivity contribution in [2.24, 2.45) is 7.05 Å². The molecule has 3 aromatic carbocycles. The highest BCUT2D eigenvalue weighted by atomic mass is 15.1. The molecule has 46 heavy (non-hydrogen) atoms. The monoisotopic (exact) mass is 607 g/mol. The molecular formula is C42H47N4+. The molecule has 0 unspecified atom stereocenters. The molecule has 0 bridgehead atoms. The predicted octanol–water partition coefficient (Wildman–Crippen LogP) is 8.89. The van der Waals surface area contributed by atoms with Gasteiger partial charge in [-0.2, -0.15) is 4.57 Å². The van der Waals surface area contributed by atoms with Gasteiger partial charge in [0.05, 0.1) is 0 Å². The molecule has 0 atom stereocenters. The largest absolute Gasteiger partial charge is 0.378 e. The van der Waals surface area contributed by atoms with Gasteiger partial charge in [-0.25, -0.2) is 0 Å². The predicted molar refractivity (Wildman–Crippen MR) is 204 cm³/mol. The number of nitrogens with zero attached hydrogens (tertiary/aromatic N) is 4. The number of anilines is 3. The lowest BCUT2D eigenvalue weighted by molar-refractivity contribution is -0.675. The molecule has 0 N–H and O–H groups in total. The van der Waals surface area contributed by atoms with Gasteiger partial charge in [0.1, 0.15) is 7.05 Å². The summed E-state index contributed by atoms with van der Waals surface area (Å²) in [5.74, 6) is 0. The summed E-state index contributed by atoms with van der Waals surface area (Å²) in [4.78, 5) is 6.33. The lowest BCUT2D eigenvalue weighted by atomic mass is 10.1. The minimum atomic E-state index is 1.11. The highest BCUT2D eigenvalue weighted by molar-refractivity contribution is 5.64. The van der Waals surface area contributed by atoms with Crippen LogP contribution in [0.2, 0.25) is 0 Å². The van der Waals surface area contributed by atoms with Gasteiger partial charge >= 0.3 is 0 Å². The number of aromatic nitrogens is 1. The first-order valence-corrected chi connectivity index (χ1v) is 15.6. The van der Waals surface area contributed by atoms with Crippen LogP contribution >= 0.6 is 0 Å². The van der Waals surface area contributed by atoms with Gasteiger partial charge in [-0.3, -0.25) is 0 Å². The van der Waals surface area contributed by atoms with Crippen molar-refractivity contribution >= 4 is 53.5 Å². The van der Waals surface area contributed by atoms with Gasteiger partial charge in [-0.15, -0.1) is 0 Å². The van der Waals surface area contributed by atoms with Crippen LogP contribution in [0.5, 0.6) is 0 Å². The molecule has 0 spiro atoms. The standard InChI is InChI=1S/C42H47N4/c1-43(2)38-26-20-34(21-27-38)14-8-9-17-37-32-41(18-12-10-15-35-22-28-39(29-23-35)44(3)4)46(7)42(33-37)19-13-11-16-36-24-30-40(31-25-36)45(5)6/h8-33H,1-7H3/q+1. The van der Waals surface area contributed by atoms with Crippen molar-refractivity contribution in [3.63, 3.8) is 0 Å². The third kappa shape index (κ3) is 10.1. The Balaban J connectivity index is 1.54. The normalized spacial score (nSPS) is 12.2. The topological polar surface area (TPSA) is 13.6 Å². The molecule has 0 saturated carbocycles. The quantitative estimate of drug-likeness (QED) is 0.118. The minimum absolute atomic E-state index is 1.11. The van der Waals surface area contributed by atoms with Crippen LogP contribution in [0, 0.1) is 0 Å². The molecule has 4 aromatic rings. The number of rotatable bonds is 12. The first kappa shape index (κ1) is 33.5. The van der Waals surface area contributed by atoms with Crippen molar-refractivity contribution in [1.82, 2.24) is 0 Å². The third-order valence-corrected chi connectivity index (χ3v) is 7.65. The summed E-state index contributed by atoms with van der Waals surface area (Å²) in [7, 11) is 14.4. The zero-order valence-corrected chi connectivity index (χ0v) is 28.3. The van der Waals surface area contributed by atoms with Crippen LogP contribution in [0.1, 0.15) is 33.6 Å². The smallest absolute Gasteiger partial charge is 0.206 e.